The van der Waals surface area contributed by atoms with E-state index >= 15 is 0 Å². The van der Waals surface area contributed by atoms with E-state index in [4.69, 9.17) is 19.2 Å². The summed E-state index contributed by atoms with van der Waals surface area (Å²) in [5.41, 5.74) is 7.87. The van der Waals surface area contributed by atoms with E-state index in [1.54, 1.807) is 6.07 Å². The highest BCUT2D eigenvalue weighted by Crippen LogP contribution is 2.34. The quantitative estimate of drug-likeness (QED) is 0.303. The zero-order valence-electron chi connectivity index (χ0n) is 24.3. The highest BCUT2D eigenvalue weighted by atomic mass is 16.5. The number of hydrogen-bond donors (Lipinski definition) is 1. The molecule has 0 bridgehead atoms. The predicted molar refractivity (Wildman–Crippen MR) is 159 cm³/mol. The van der Waals surface area contributed by atoms with Crippen molar-refractivity contribution in [2.24, 2.45) is 0 Å². The van der Waals surface area contributed by atoms with E-state index in [2.05, 4.69) is 29.1 Å². The lowest BCUT2D eigenvalue weighted by molar-refractivity contribution is 0.0289. The zero-order valence-corrected chi connectivity index (χ0v) is 24.3. The normalized spacial score (nSPS) is 15.8. The van der Waals surface area contributed by atoms with Gasteiger partial charge in [0.15, 0.2) is 5.82 Å². The van der Waals surface area contributed by atoms with E-state index in [0.717, 1.165) is 68.0 Å². The number of methoxy groups -OCH3 is 1. The number of fused-ring (bicyclic) bond motifs is 1. The van der Waals surface area contributed by atoms with Crippen molar-refractivity contribution in [1.29, 1.82) is 0 Å². The minimum absolute atomic E-state index is 0.0269. The first-order valence-corrected chi connectivity index (χ1v) is 14.4. The lowest BCUT2D eigenvalue weighted by atomic mass is 9.91. The molecule has 4 aromatic rings. The molecular weight excluding hydrogens is 532 g/mol. The number of carboxylic acids is 1. The molecule has 2 aliphatic rings. The Balaban J connectivity index is 1.24. The van der Waals surface area contributed by atoms with Gasteiger partial charge >= 0.3 is 5.97 Å². The maximum atomic E-state index is 11.6. The molecule has 0 unspecified atom stereocenters. The third-order valence-electron chi connectivity index (χ3n) is 8.33. The van der Waals surface area contributed by atoms with Crippen LogP contribution in [0, 0.1) is 13.8 Å². The number of carboxylic acid groups (broad SMARTS) is 1. The Morgan fingerprint density at radius 2 is 1.90 bits per heavy atom. The second kappa shape index (κ2) is 12.0. The van der Waals surface area contributed by atoms with Crippen LogP contribution < -0.4 is 9.47 Å². The van der Waals surface area contributed by atoms with Crippen molar-refractivity contribution in [3.8, 4) is 28.7 Å². The molecule has 1 fully saturated rings. The summed E-state index contributed by atoms with van der Waals surface area (Å²) in [5, 5.41) is 13.7. The van der Waals surface area contributed by atoms with Crippen molar-refractivity contribution in [1.82, 2.24) is 19.7 Å². The molecular formula is C33H36N4O5. The Bertz CT molecular complexity index is 1610. The largest absolute Gasteiger partial charge is 0.488 e. The van der Waals surface area contributed by atoms with E-state index < -0.39 is 5.97 Å². The molecule has 218 valence electrons. The average molecular weight is 569 g/mol. The monoisotopic (exact) mass is 568 g/mol. The van der Waals surface area contributed by atoms with E-state index in [9.17, 15) is 9.90 Å². The number of rotatable bonds is 8. The summed E-state index contributed by atoms with van der Waals surface area (Å²) in [6.45, 7) is 8.52. The Hall–Kier alpha value is -4.21. The van der Waals surface area contributed by atoms with Gasteiger partial charge in [0.2, 0.25) is 5.88 Å². The van der Waals surface area contributed by atoms with Crippen molar-refractivity contribution in [2.45, 2.75) is 52.3 Å². The number of aromatic nitrogens is 3. The van der Waals surface area contributed by atoms with Crippen LogP contribution in [0.5, 0.6) is 11.6 Å². The summed E-state index contributed by atoms with van der Waals surface area (Å²) in [6, 6.07) is 16.7. The molecule has 0 aliphatic carbocycles. The molecule has 6 rings (SSSR count). The van der Waals surface area contributed by atoms with Crippen LogP contribution in [0.2, 0.25) is 0 Å². The summed E-state index contributed by atoms with van der Waals surface area (Å²) < 4.78 is 18.8. The van der Waals surface area contributed by atoms with Crippen LogP contribution in [0.25, 0.3) is 17.1 Å². The fourth-order valence-electron chi connectivity index (χ4n) is 6.15. The Morgan fingerprint density at radius 3 is 2.69 bits per heavy atom. The van der Waals surface area contributed by atoms with Gasteiger partial charge in [0.1, 0.15) is 17.9 Å². The van der Waals surface area contributed by atoms with Gasteiger partial charge in [-0.1, -0.05) is 30.3 Å². The van der Waals surface area contributed by atoms with Crippen LogP contribution in [0.15, 0.2) is 54.7 Å². The third kappa shape index (κ3) is 5.49. The molecule has 0 atom stereocenters. The van der Waals surface area contributed by atoms with Gasteiger partial charge in [0.25, 0.3) is 0 Å². The second-order valence-corrected chi connectivity index (χ2v) is 11.0. The lowest BCUT2D eigenvalue weighted by Gasteiger charge is -2.38. The molecule has 2 aromatic carbocycles. The molecule has 0 saturated carbocycles. The van der Waals surface area contributed by atoms with Crippen molar-refractivity contribution in [3.63, 3.8) is 0 Å². The summed E-state index contributed by atoms with van der Waals surface area (Å²) in [5.74, 6) is 0.218. The summed E-state index contributed by atoms with van der Waals surface area (Å²) >= 11 is 0. The van der Waals surface area contributed by atoms with Crippen molar-refractivity contribution in [3.05, 3.63) is 88.1 Å². The number of carbonyl (C=O) groups is 1. The molecule has 0 spiro atoms. The average Bonchev–Trinajstić information content (AvgIpc) is 3.46. The minimum atomic E-state index is -1.11. The van der Waals surface area contributed by atoms with Crippen LogP contribution in [-0.4, -0.2) is 63.7 Å². The highest BCUT2D eigenvalue weighted by Gasteiger charge is 2.26. The van der Waals surface area contributed by atoms with Gasteiger partial charge in [-0.25, -0.2) is 9.78 Å². The zero-order chi connectivity index (χ0) is 29.2. The van der Waals surface area contributed by atoms with Gasteiger partial charge in [-0.2, -0.15) is 9.78 Å². The molecule has 0 radical (unpaired) electrons. The van der Waals surface area contributed by atoms with Crippen LogP contribution >= 0.6 is 0 Å². The summed E-state index contributed by atoms with van der Waals surface area (Å²) in [6.07, 6.45) is 4.55. The Kier molecular flexibility index (Phi) is 7.95. The summed E-state index contributed by atoms with van der Waals surface area (Å²) in [4.78, 5) is 19.0. The fraction of sp³-hybridized carbons (Fsp3) is 0.364. The molecule has 42 heavy (non-hydrogen) atoms. The SMILES string of the molecule is COc1c(C(=O)O)cnn1-c1cccc(-c2cccc(C)c2OCc2cc(C)c3c(c2)CCN(C2CCOCC2)C3)n1. The third-order valence-corrected chi connectivity index (χ3v) is 8.33. The van der Waals surface area contributed by atoms with Crippen LogP contribution in [0.1, 0.15) is 51.0 Å². The van der Waals surface area contributed by atoms with Gasteiger partial charge < -0.3 is 19.3 Å². The second-order valence-electron chi connectivity index (χ2n) is 11.0. The van der Waals surface area contributed by atoms with Crippen LogP contribution in [0.3, 0.4) is 0 Å². The van der Waals surface area contributed by atoms with Gasteiger partial charge in [0.05, 0.1) is 19.0 Å². The first-order chi connectivity index (χ1) is 20.4. The van der Waals surface area contributed by atoms with Crippen LogP contribution in [0.4, 0.5) is 0 Å². The maximum absolute atomic E-state index is 11.6. The Morgan fingerprint density at radius 1 is 1.10 bits per heavy atom. The molecule has 9 nitrogen and oxygen atoms in total. The van der Waals surface area contributed by atoms with Gasteiger partial charge in [0, 0.05) is 37.9 Å². The number of nitrogens with zero attached hydrogens (tertiary/aromatic N) is 4. The number of hydrogen-bond acceptors (Lipinski definition) is 7. The molecule has 0 amide bonds. The predicted octanol–water partition coefficient (Wildman–Crippen LogP) is 5.37. The number of ether oxygens (including phenoxy) is 3. The standard InChI is InChI=1S/C33H36N4O5/c1-21-6-4-7-26(29-8-5-9-30(35-29)37-32(40-3)27(18-34-37)33(38)39)31(21)42-20-23-16-22(2)28-19-36(13-10-24(28)17-23)25-11-14-41-15-12-25/h4-9,16-18,25H,10-15,19-20H2,1-3H3,(H,38,39). The van der Waals surface area contributed by atoms with Crippen molar-refractivity contribution in [2.75, 3.05) is 26.9 Å². The first kappa shape index (κ1) is 27.9. The van der Waals surface area contributed by atoms with E-state index in [-0.39, 0.29) is 11.4 Å². The molecule has 1 N–H and O–H groups in total. The van der Waals surface area contributed by atoms with E-state index in [0.29, 0.717) is 24.2 Å². The smallest absolute Gasteiger partial charge is 0.342 e. The van der Waals surface area contributed by atoms with E-state index in [1.807, 2.05) is 37.3 Å². The molecule has 1 saturated heterocycles. The Labute approximate surface area is 245 Å². The summed E-state index contributed by atoms with van der Waals surface area (Å²) in [7, 11) is 1.42. The maximum Gasteiger partial charge on any atom is 0.342 e. The minimum Gasteiger partial charge on any atom is -0.488 e. The topological polar surface area (TPSA) is 98.9 Å². The highest BCUT2D eigenvalue weighted by molar-refractivity contribution is 5.90. The number of para-hydroxylation sites is 1. The number of aryl methyl sites for hydroxylation is 2. The van der Waals surface area contributed by atoms with Gasteiger partial charge in [-0.05, 0) is 79.1 Å². The molecule has 2 aliphatic heterocycles. The molecule has 2 aromatic heterocycles. The van der Waals surface area contributed by atoms with Gasteiger partial charge in [-0.15, -0.1) is 0 Å². The van der Waals surface area contributed by atoms with Gasteiger partial charge in [-0.3, -0.25) is 4.90 Å². The number of pyridine rings is 1. The van der Waals surface area contributed by atoms with E-state index in [1.165, 1.54) is 34.7 Å². The molecule has 9 heteroatoms. The number of aromatic carboxylic acids is 1. The fourth-order valence-corrected chi connectivity index (χ4v) is 6.15. The van der Waals surface area contributed by atoms with Crippen molar-refractivity contribution < 1.29 is 24.1 Å². The first-order valence-electron chi connectivity index (χ1n) is 14.4. The van der Waals surface area contributed by atoms with Crippen LogP contribution in [-0.2, 0) is 24.3 Å². The molecule has 4 heterocycles. The number of benzene rings is 2. The van der Waals surface area contributed by atoms with Crippen molar-refractivity contribution >= 4 is 5.97 Å². The lowest BCUT2D eigenvalue weighted by Crippen LogP contribution is -2.42.